The lowest BCUT2D eigenvalue weighted by molar-refractivity contribution is 0.00578. The molecule has 0 radical (unpaired) electrons. The molecule has 0 unspecified atom stereocenters. The molecule has 0 aliphatic carbocycles. The normalized spacial score (nSPS) is 19.8. The summed E-state index contributed by atoms with van der Waals surface area (Å²) < 4.78 is 12.3. The largest absolute Gasteiger partial charge is 0.495 e. The van der Waals surface area contributed by atoms with Gasteiger partial charge in [0, 0.05) is 0 Å². The molecule has 1 aromatic carbocycles. The van der Waals surface area contributed by atoms with Gasteiger partial charge in [-0.05, 0) is 58.6 Å². The average molecular weight is 270 g/mol. The van der Waals surface area contributed by atoms with E-state index in [9.17, 15) is 0 Å². The third-order valence-corrected chi connectivity index (χ3v) is 4.37. The second kappa shape index (κ2) is 4.93. The Labute approximate surface area is 122 Å². The van der Waals surface area contributed by atoms with Gasteiger partial charge >= 0.3 is 7.12 Å². The second-order valence-electron chi connectivity index (χ2n) is 6.51. The van der Waals surface area contributed by atoms with Gasteiger partial charge in [0.2, 0.25) is 0 Å². The lowest BCUT2D eigenvalue weighted by Crippen LogP contribution is -2.41. The first-order valence-electron chi connectivity index (χ1n) is 7.00. The second-order valence-corrected chi connectivity index (χ2v) is 6.51. The predicted molar refractivity (Wildman–Crippen MR) is 85.2 cm³/mol. The van der Waals surface area contributed by atoms with Crippen LogP contribution in [0.2, 0.25) is 0 Å². The zero-order valence-corrected chi connectivity index (χ0v) is 13.3. The summed E-state index contributed by atoms with van der Waals surface area (Å²) in [5.41, 5.74) is 6.78. The summed E-state index contributed by atoms with van der Waals surface area (Å²) in [7, 11) is -0.304. The molecule has 3 heteroatoms. The molecule has 1 aromatic rings. The van der Waals surface area contributed by atoms with Gasteiger partial charge in [0.15, 0.2) is 0 Å². The van der Waals surface area contributed by atoms with Gasteiger partial charge < -0.3 is 9.31 Å². The van der Waals surface area contributed by atoms with E-state index in [4.69, 9.17) is 9.31 Å². The highest BCUT2D eigenvalue weighted by Crippen LogP contribution is 2.37. The minimum atomic E-state index is -0.309. The third-order valence-electron chi connectivity index (χ3n) is 4.37. The van der Waals surface area contributed by atoms with Gasteiger partial charge in [-0.1, -0.05) is 29.8 Å². The molecule has 0 amide bonds. The highest BCUT2D eigenvalue weighted by Gasteiger charge is 2.52. The zero-order chi connectivity index (χ0) is 15.1. The van der Waals surface area contributed by atoms with Crippen molar-refractivity contribution in [2.24, 2.45) is 0 Å². The number of aryl methyl sites for hydroxylation is 2. The van der Waals surface area contributed by atoms with E-state index in [0.29, 0.717) is 0 Å². The monoisotopic (exact) mass is 270 g/mol. The van der Waals surface area contributed by atoms with Crippen LogP contribution in [0.25, 0.3) is 6.08 Å². The molecular weight excluding hydrogens is 247 g/mol. The summed E-state index contributed by atoms with van der Waals surface area (Å²) in [4.78, 5) is 0. The molecule has 1 heterocycles. The molecule has 1 saturated heterocycles. The van der Waals surface area contributed by atoms with Crippen LogP contribution in [0.3, 0.4) is 0 Å². The van der Waals surface area contributed by atoms with Gasteiger partial charge in [-0.25, -0.2) is 0 Å². The van der Waals surface area contributed by atoms with Crippen molar-refractivity contribution in [1.29, 1.82) is 0 Å². The molecule has 0 saturated carbocycles. The molecule has 0 aromatic heterocycles. The molecule has 0 spiro atoms. The summed E-state index contributed by atoms with van der Waals surface area (Å²) in [5.74, 6) is 0. The maximum atomic E-state index is 6.15. The molecule has 0 atom stereocenters. The van der Waals surface area contributed by atoms with E-state index in [0.717, 1.165) is 11.0 Å². The molecule has 0 N–H and O–H groups in total. The van der Waals surface area contributed by atoms with E-state index in [1.807, 2.05) is 6.08 Å². The summed E-state index contributed by atoms with van der Waals surface area (Å²) in [6.07, 6.45) is 1.88. The lowest BCUT2D eigenvalue weighted by Gasteiger charge is -2.32. The minimum absolute atomic E-state index is 0.304. The van der Waals surface area contributed by atoms with Crippen LogP contribution < -0.4 is 5.46 Å². The van der Waals surface area contributed by atoms with Crippen molar-refractivity contribution in [2.75, 3.05) is 0 Å². The van der Waals surface area contributed by atoms with E-state index >= 15 is 0 Å². The Bertz CT molecular complexity index is 542. The van der Waals surface area contributed by atoms with Crippen molar-refractivity contribution in [3.8, 4) is 0 Å². The predicted octanol–water partition coefficient (Wildman–Crippen LogP) is 3.40. The summed E-state index contributed by atoms with van der Waals surface area (Å²) in [6.45, 7) is 16.1. The van der Waals surface area contributed by atoms with Crippen LogP contribution in [-0.4, -0.2) is 18.3 Å². The summed E-state index contributed by atoms with van der Waals surface area (Å²) >= 11 is 0. The Morgan fingerprint density at radius 3 is 1.90 bits per heavy atom. The number of benzene rings is 1. The van der Waals surface area contributed by atoms with Crippen molar-refractivity contribution in [1.82, 2.24) is 0 Å². The van der Waals surface area contributed by atoms with Crippen LogP contribution >= 0.6 is 0 Å². The van der Waals surface area contributed by atoms with E-state index in [2.05, 4.69) is 66.0 Å². The Morgan fingerprint density at radius 1 is 1.05 bits per heavy atom. The van der Waals surface area contributed by atoms with Gasteiger partial charge in [0.25, 0.3) is 0 Å². The average Bonchev–Trinajstić information content (AvgIpc) is 2.46. The topological polar surface area (TPSA) is 18.5 Å². The first-order chi connectivity index (χ1) is 9.18. The van der Waals surface area contributed by atoms with Gasteiger partial charge in [-0.2, -0.15) is 0 Å². The van der Waals surface area contributed by atoms with Crippen LogP contribution in [0.4, 0.5) is 0 Å². The quantitative estimate of drug-likeness (QED) is 0.605. The molecule has 20 heavy (non-hydrogen) atoms. The lowest BCUT2D eigenvalue weighted by atomic mass is 9.73. The minimum Gasteiger partial charge on any atom is -0.399 e. The third kappa shape index (κ3) is 2.49. The molecular formula is C17H23BO2. The maximum absolute atomic E-state index is 6.15. The van der Waals surface area contributed by atoms with Crippen LogP contribution in [0.15, 0.2) is 24.4 Å². The van der Waals surface area contributed by atoms with Crippen LogP contribution in [0.1, 0.15) is 44.4 Å². The van der Waals surface area contributed by atoms with Crippen molar-refractivity contribution >= 4 is 18.7 Å². The fourth-order valence-corrected chi connectivity index (χ4v) is 2.54. The number of rotatable bonds is 2. The van der Waals surface area contributed by atoms with Crippen LogP contribution in [0.5, 0.6) is 0 Å². The SMILES string of the molecule is C=C=Cc1cc(C)c(B2OC(C)(C)C(C)(C)O2)c(C)c1. The highest BCUT2D eigenvalue weighted by molar-refractivity contribution is 6.63. The summed E-state index contributed by atoms with van der Waals surface area (Å²) in [5, 5.41) is 0. The molecule has 1 aliphatic rings. The fourth-order valence-electron chi connectivity index (χ4n) is 2.54. The van der Waals surface area contributed by atoms with E-state index < -0.39 is 0 Å². The van der Waals surface area contributed by atoms with Gasteiger partial charge in [-0.3, -0.25) is 0 Å². The number of hydrogen-bond donors (Lipinski definition) is 0. The van der Waals surface area contributed by atoms with Crippen LogP contribution in [0, 0.1) is 13.8 Å². The molecule has 1 fully saturated rings. The van der Waals surface area contributed by atoms with E-state index in [1.165, 1.54) is 11.1 Å². The van der Waals surface area contributed by atoms with Crippen molar-refractivity contribution in [3.05, 3.63) is 41.1 Å². The standard InChI is InChI=1S/C17H23BO2/c1-8-9-14-10-12(2)15(13(3)11-14)18-19-16(4,5)17(6,7)20-18/h9-11H,1H2,2-7H3. The van der Waals surface area contributed by atoms with Gasteiger partial charge in [-0.15, -0.1) is 5.73 Å². The first kappa shape index (κ1) is 15.1. The molecule has 2 rings (SSSR count). The van der Waals surface area contributed by atoms with Gasteiger partial charge in [0.05, 0.1) is 11.2 Å². The Hall–Kier alpha value is -1.28. The van der Waals surface area contributed by atoms with Crippen molar-refractivity contribution in [2.45, 2.75) is 52.7 Å². The smallest absolute Gasteiger partial charge is 0.399 e. The van der Waals surface area contributed by atoms with Crippen LogP contribution in [-0.2, 0) is 9.31 Å². The van der Waals surface area contributed by atoms with Crippen molar-refractivity contribution in [3.63, 3.8) is 0 Å². The Morgan fingerprint density at radius 2 is 1.50 bits per heavy atom. The Kier molecular flexibility index (Phi) is 3.72. The Balaban J connectivity index is 2.43. The maximum Gasteiger partial charge on any atom is 0.495 e. The zero-order valence-electron chi connectivity index (χ0n) is 13.3. The first-order valence-corrected chi connectivity index (χ1v) is 7.00. The van der Waals surface area contributed by atoms with Gasteiger partial charge in [0.1, 0.15) is 0 Å². The highest BCUT2D eigenvalue weighted by atomic mass is 16.7. The molecule has 2 nitrogen and oxygen atoms in total. The molecule has 106 valence electrons. The van der Waals surface area contributed by atoms with Crippen molar-refractivity contribution < 1.29 is 9.31 Å². The fraction of sp³-hybridized carbons (Fsp3) is 0.471. The molecule has 0 bridgehead atoms. The summed E-state index contributed by atoms with van der Waals surface area (Å²) in [6, 6.07) is 4.23. The number of hydrogen-bond acceptors (Lipinski definition) is 2. The molecule has 1 aliphatic heterocycles. The van der Waals surface area contributed by atoms with E-state index in [-0.39, 0.29) is 18.3 Å². The van der Waals surface area contributed by atoms with E-state index in [1.54, 1.807) is 0 Å².